The van der Waals surface area contributed by atoms with E-state index < -0.39 is 0 Å². The van der Waals surface area contributed by atoms with E-state index >= 15 is 0 Å². The van der Waals surface area contributed by atoms with Gasteiger partial charge in [0, 0.05) is 22.3 Å². The molecule has 1 aliphatic heterocycles. The fraction of sp³-hybridized carbons (Fsp3) is 0.500. The maximum Gasteiger partial charge on any atom is 0.217 e. The fourth-order valence-electron chi connectivity index (χ4n) is 1.80. The predicted molar refractivity (Wildman–Crippen MR) is 56.5 cm³/mol. The zero-order valence-electron chi connectivity index (χ0n) is 7.76. The van der Waals surface area contributed by atoms with Crippen LogP contribution in [0.2, 0.25) is 0 Å². The summed E-state index contributed by atoms with van der Waals surface area (Å²) in [5.74, 6) is -0.354. The molecule has 1 unspecified atom stereocenters. The van der Waals surface area contributed by atoms with Crippen LogP contribution in [0.1, 0.15) is 30.9 Å². The summed E-state index contributed by atoms with van der Waals surface area (Å²) in [7, 11) is 0. The SMILES string of the molecule is Fc1ncc(Br)cc1C1CCCCN1. The zero-order valence-corrected chi connectivity index (χ0v) is 9.35. The number of piperidine rings is 1. The van der Waals surface area contributed by atoms with Gasteiger partial charge in [-0.15, -0.1) is 0 Å². The third-order valence-electron chi connectivity index (χ3n) is 2.52. The molecule has 2 nitrogen and oxygen atoms in total. The van der Waals surface area contributed by atoms with Crippen LogP contribution in [0.5, 0.6) is 0 Å². The van der Waals surface area contributed by atoms with Gasteiger partial charge in [0.15, 0.2) is 0 Å². The van der Waals surface area contributed by atoms with Crippen molar-refractivity contribution in [2.45, 2.75) is 25.3 Å². The highest BCUT2D eigenvalue weighted by Crippen LogP contribution is 2.26. The summed E-state index contributed by atoms with van der Waals surface area (Å²) in [6.45, 7) is 0.969. The number of aromatic nitrogens is 1. The van der Waals surface area contributed by atoms with Crippen LogP contribution in [0.4, 0.5) is 4.39 Å². The van der Waals surface area contributed by atoms with Crippen molar-refractivity contribution in [1.29, 1.82) is 0 Å². The lowest BCUT2D eigenvalue weighted by Crippen LogP contribution is -2.27. The number of hydrogen-bond donors (Lipinski definition) is 1. The first-order valence-electron chi connectivity index (χ1n) is 4.81. The number of pyridine rings is 1. The summed E-state index contributed by atoms with van der Waals surface area (Å²) in [6, 6.07) is 1.94. The summed E-state index contributed by atoms with van der Waals surface area (Å²) in [6.07, 6.45) is 4.82. The number of rotatable bonds is 1. The maximum atomic E-state index is 13.4. The van der Waals surface area contributed by atoms with Crippen LogP contribution in [0.25, 0.3) is 0 Å². The van der Waals surface area contributed by atoms with Gasteiger partial charge in [-0.05, 0) is 41.4 Å². The molecule has 2 rings (SSSR count). The van der Waals surface area contributed by atoms with Gasteiger partial charge in [-0.3, -0.25) is 0 Å². The Labute approximate surface area is 91.1 Å². The average molecular weight is 259 g/mol. The Balaban J connectivity index is 2.24. The molecule has 1 saturated heterocycles. The molecular formula is C10H12BrFN2. The van der Waals surface area contributed by atoms with Crippen LogP contribution >= 0.6 is 15.9 Å². The van der Waals surface area contributed by atoms with E-state index in [-0.39, 0.29) is 12.0 Å². The van der Waals surface area contributed by atoms with E-state index in [0.717, 1.165) is 23.9 Å². The molecule has 1 aromatic heterocycles. The average Bonchev–Trinajstić information content (AvgIpc) is 2.23. The minimum atomic E-state index is -0.354. The van der Waals surface area contributed by atoms with Gasteiger partial charge in [-0.25, -0.2) is 4.98 Å². The van der Waals surface area contributed by atoms with Crippen molar-refractivity contribution in [3.8, 4) is 0 Å². The summed E-state index contributed by atoms with van der Waals surface area (Å²) >= 11 is 3.31. The lowest BCUT2D eigenvalue weighted by atomic mass is 9.99. The second-order valence-corrected chi connectivity index (χ2v) is 4.45. The van der Waals surface area contributed by atoms with E-state index in [2.05, 4.69) is 26.2 Å². The number of hydrogen-bond acceptors (Lipinski definition) is 2. The monoisotopic (exact) mass is 258 g/mol. The third kappa shape index (κ3) is 2.12. The largest absolute Gasteiger partial charge is 0.310 e. The van der Waals surface area contributed by atoms with Gasteiger partial charge in [-0.2, -0.15) is 4.39 Å². The first kappa shape index (κ1) is 10.1. The Morgan fingerprint density at radius 3 is 3.07 bits per heavy atom. The molecule has 0 amide bonds. The van der Waals surface area contributed by atoms with E-state index in [1.807, 2.05) is 6.07 Å². The van der Waals surface area contributed by atoms with Crippen molar-refractivity contribution in [2.75, 3.05) is 6.54 Å². The normalized spacial score (nSPS) is 22.3. The van der Waals surface area contributed by atoms with Gasteiger partial charge in [0.25, 0.3) is 0 Å². The highest BCUT2D eigenvalue weighted by molar-refractivity contribution is 9.10. The van der Waals surface area contributed by atoms with Crippen molar-refractivity contribution in [2.24, 2.45) is 0 Å². The highest BCUT2D eigenvalue weighted by atomic mass is 79.9. The van der Waals surface area contributed by atoms with Gasteiger partial charge < -0.3 is 5.32 Å². The van der Waals surface area contributed by atoms with Crippen LogP contribution in [0, 0.1) is 5.95 Å². The Kier molecular flexibility index (Phi) is 3.13. The molecule has 0 spiro atoms. The molecule has 0 radical (unpaired) electrons. The van der Waals surface area contributed by atoms with Crippen LogP contribution in [-0.4, -0.2) is 11.5 Å². The standard InChI is InChI=1S/C10H12BrFN2/c11-7-5-8(10(12)14-6-7)9-3-1-2-4-13-9/h5-6,9,13H,1-4H2. The maximum absolute atomic E-state index is 13.4. The first-order valence-corrected chi connectivity index (χ1v) is 5.61. The predicted octanol–water partition coefficient (Wildman–Crippen LogP) is 2.80. The molecule has 0 saturated carbocycles. The third-order valence-corrected chi connectivity index (χ3v) is 2.95. The van der Waals surface area contributed by atoms with Crippen molar-refractivity contribution in [3.63, 3.8) is 0 Å². The number of halogens is 2. The summed E-state index contributed by atoms with van der Waals surface area (Å²) in [4.78, 5) is 3.70. The topological polar surface area (TPSA) is 24.9 Å². The van der Waals surface area contributed by atoms with E-state index in [1.54, 1.807) is 0 Å². The molecule has 1 atom stereocenters. The molecule has 4 heteroatoms. The Hall–Kier alpha value is -0.480. The number of nitrogens with zero attached hydrogens (tertiary/aromatic N) is 1. The van der Waals surface area contributed by atoms with Gasteiger partial charge in [0.05, 0.1) is 0 Å². The van der Waals surface area contributed by atoms with Gasteiger partial charge >= 0.3 is 0 Å². The van der Waals surface area contributed by atoms with E-state index in [1.165, 1.54) is 12.6 Å². The first-order chi connectivity index (χ1) is 6.77. The second kappa shape index (κ2) is 4.36. The summed E-state index contributed by atoms with van der Waals surface area (Å²) in [5, 5.41) is 3.30. The zero-order chi connectivity index (χ0) is 9.97. The molecule has 1 N–H and O–H groups in total. The Morgan fingerprint density at radius 1 is 1.50 bits per heavy atom. The van der Waals surface area contributed by atoms with E-state index in [9.17, 15) is 4.39 Å². The Morgan fingerprint density at radius 2 is 2.36 bits per heavy atom. The van der Waals surface area contributed by atoms with Crippen LogP contribution in [0.3, 0.4) is 0 Å². The van der Waals surface area contributed by atoms with Gasteiger partial charge in [0.1, 0.15) is 0 Å². The molecule has 14 heavy (non-hydrogen) atoms. The molecule has 0 aliphatic carbocycles. The molecular weight excluding hydrogens is 247 g/mol. The molecule has 0 bridgehead atoms. The molecule has 2 heterocycles. The fourth-order valence-corrected chi connectivity index (χ4v) is 2.15. The van der Waals surface area contributed by atoms with Gasteiger partial charge in [0.2, 0.25) is 5.95 Å². The Bertz CT molecular complexity index is 324. The van der Waals surface area contributed by atoms with E-state index in [4.69, 9.17) is 0 Å². The molecule has 76 valence electrons. The van der Waals surface area contributed by atoms with Crippen molar-refractivity contribution >= 4 is 15.9 Å². The van der Waals surface area contributed by atoms with E-state index in [0.29, 0.717) is 5.56 Å². The molecule has 1 aliphatic rings. The quantitative estimate of drug-likeness (QED) is 0.784. The van der Waals surface area contributed by atoms with Crippen LogP contribution in [-0.2, 0) is 0 Å². The molecule has 1 aromatic rings. The molecule has 1 fully saturated rings. The van der Waals surface area contributed by atoms with Crippen molar-refractivity contribution in [3.05, 3.63) is 28.2 Å². The minimum Gasteiger partial charge on any atom is -0.310 e. The van der Waals surface area contributed by atoms with Crippen LogP contribution < -0.4 is 5.32 Å². The second-order valence-electron chi connectivity index (χ2n) is 3.54. The lowest BCUT2D eigenvalue weighted by molar-refractivity contribution is 0.395. The highest BCUT2D eigenvalue weighted by Gasteiger charge is 2.18. The smallest absolute Gasteiger partial charge is 0.217 e. The van der Waals surface area contributed by atoms with Crippen molar-refractivity contribution in [1.82, 2.24) is 10.3 Å². The summed E-state index contributed by atoms with van der Waals surface area (Å²) < 4.78 is 14.2. The van der Waals surface area contributed by atoms with Crippen LogP contribution in [0.15, 0.2) is 16.7 Å². The van der Waals surface area contributed by atoms with Gasteiger partial charge in [-0.1, -0.05) is 6.42 Å². The minimum absolute atomic E-state index is 0.133. The van der Waals surface area contributed by atoms with Crippen molar-refractivity contribution < 1.29 is 4.39 Å². The number of nitrogens with one attached hydrogen (secondary N) is 1. The molecule has 0 aromatic carbocycles. The lowest BCUT2D eigenvalue weighted by Gasteiger charge is -2.23. The summed E-state index contributed by atoms with van der Waals surface area (Å²) in [5.41, 5.74) is 0.680.